The van der Waals surface area contributed by atoms with Gasteiger partial charge in [-0.05, 0) is 49.4 Å². The number of ketones is 1. The topological polar surface area (TPSA) is 59.3 Å². The van der Waals surface area contributed by atoms with Gasteiger partial charge in [0, 0.05) is 27.5 Å². The van der Waals surface area contributed by atoms with Crippen LogP contribution in [0.5, 0.6) is 0 Å². The van der Waals surface area contributed by atoms with E-state index in [0.29, 0.717) is 22.8 Å². The van der Waals surface area contributed by atoms with Gasteiger partial charge >= 0.3 is 0 Å². The number of thioether (sulfide) groups is 1. The molecule has 1 aromatic heterocycles. The van der Waals surface area contributed by atoms with Crippen LogP contribution in [-0.2, 0) is 5.75 Å². The van der Waals surface area contributed by atoms with E-state index in [2.05, 4.69) is 5.32 Å². The maximum absolute atomic E-state index is 12.4. The van der Waals surface area contributed by atoms with Gasteiger partial charge in [-0.2, -0.15) is 0 Å². The average molecular weight is 351 g/mol. The number of hydrogen-bond acceptors (Lipinski definition) is 4. The second-order valence-electron chi connectivity index (χ2n) is 5.46. The lowest BCUT2D eigenvalue weighted by Crippen LogP contribution is -2.12. The van der Waals surface area contributed by atoms with Gasteiger partial charge in [0.1, 0.15) is 0 Å². The summed E-state index contributed by atoms with van der Waals surface area (Å²) < 4.78 is 5.37. The molecule has 0 aliphatic carbocycles. The molecule has 3 aromatic rings. The maximum atomic E-state index is 12.4. The van der Waals surface area contributed by atoms with Crippen molar-refractivity contribution < 1.29 is 14.0 Å². The summed E-state index contributed by atoms with van der Waals surface area (Å²) in [5.41, 5.74) is 2.07. The molecule has 126 valence electrons. The molecule has 0 unspecified atom stereocenters. The summed E-state index contributed by atoms with van der Waals surface area (Å²) in [4.78, 5) is 24.9. The van der Waals surface area contributed by atoms with E-state index >= 15 is 0 Å². The molecule has 0 aliphatic rings. The van der Waals surface area contributed by atoms with Crippen molar-refractivity contribution in [2.75, 3.05) is 5.32 Å². The molecule has 1 heterocycles. The molecule has 1 amide bonds. The minimum atomic E-state index is -0.302. The minimum absolute atomic E-state index is 0.0101. The molecular weight excluding hydrogens is 334 g/mol. The van der Waals surface area contributed by atoms with E-state index in [1.807, 2.05) is 36.4 Å². The Balaban J connectivity index is 1.66. The van der Waals surface area contributed by atoms with Crippen LogP contribution in [0.15, 0.2) is 76.2 Å². The molecule has 4 nitrogen and oxygen atoms in total. The molecule has 0 fully saturated rings. The van der Waals surface area contributed by atoms with E-state index in [1.165, 1.54) is 13.2 Å². The first-order chi connectivity index (χ1) is 12.1. The van der Waals surface area contributed by atoms with Gasteiger partial charge in [-0.25, -0.2) is 0 Å². The number of carbonyl (C=O) groups is 2. The molecule has 3 rings (SSSR count). The van der Waals surface area contributed by atoms with Crippen LogP contribution in [-0.4, -0.2) is 11.7 Å². The Bertz CT molecular complexity index is 869. The van der Waals surface area contributed by atoms with Crippen LogP contribution < -0.4 is 5.32 Å². The fourth-order valence-electron chi connectivity index (χ4n) is 2.30. The number of hydrogen-bond donors (Lipinski definition) is 1. The van der Waals surface area contributed by atoms with Gasteiger partial charge in [-0.1, -0.05) is 18.2 Å². The number of amides is 1. The fourth-order valence-corrected chi connectivity index (χ4v) is 3.20. The standard InChI is InChI=1S/C20H17NO3S/c1-14(22)15-7-9-17(10-8-15)21-20(23)19-16(11-12-24-19)13-25-18-5-3-2-4-6-18/h2-12H,13H2,1H3,(H,21,23). The Kier molecular flexibility index (Phi) is 5.36. The molecule has 2 aromatic carbocycles. The van der Waals surface area contributed by atoms with Crippen LogP contribution in [0, 0.1) is 0 Å². The van der Waals surface area contributed by atoms with Gasteiger partial charge in [0.2, 0.25) is 0 Å². The van der Waals surface area contributed by atoms with Crippen molar-refractivity contribution in [3.05, 3.63) is 83.8 Å². The summed E-state index contributed by atoms with van der Waals surface area (Å²) in [7, 11) is 0. The molecule has 0 spiro atoms. The lowest BCUT2D eigenvalue weighted by atomic mass is 10.1. The first kappa shape index (κ1) is 17.0. The number of carbonyl (C=O) groups excluding carboxylic acids is 2. The SMILES string of the molecule is CC(=O)c1ccc(NC(=O)c2occc2CSc2ccccc2)cc1. The molecule has 0 bridgehead atoms. The first-order valence-corrected chi connectivity index (χ1v) is 8.78. The third-order valence-corrected chi connectivity index (χ3v) is 4.70. The number of Topliss-reactive ketones (excluding diaryl/α,β-unsaturated/α-hetero) is 1. The lowest BCUT2D eigenvalue weighted by Gasteiger charge is -2.06. The molecule has 0 aliphatic heterocycles. The first-order valence-electron chi connectivity index (χ1n) is 7.80. The normalized spacial score (nSPS) is 10.4. The number of anilines is 1. The van der Waals surface area contributed by atoms with E-state index in [9.17, 15) is 9.59 Å². The molecule has 1 N–H and O–H groups in total. The smallest absolute Gasteiger partial charge is 0.291 e. The largest absolute Gasteiger partial charge is 0.459 e. The summed E-state index contributed by atoms with van der Waals surface area (Å²) in [5.74, 6) is 0.638. The van der Waals surface area contributed by atoms with Crippen LogP contribution >= 0.6 is 11.8 Å². The number of benzene rings is 2. The summed E-state index contributed by atoms with van der Waals surface area (Å²) in [6.45, 7) is 1.51. The molecule has 0 saturated heterocycles. The molecule has 0 atom stereocenters. The second kappa shape index (κ2) is 7.85. The lowest BCUT2D eigenvalue weighted by molar-refractivity contribution is 0.0993. The Hall–Kier alpha value is -2.79. The van der Waals surface area contributed by atoms with Crippen molar-refractivity contribution in [1.82, 2.24) is 0 Å². The van der Waals surface area contributed by atoms with E-state index in [-0.39, 0.29) is 11.7 Å². The highest BCUT2D eigenvalue weighted by molar-refractivity contribution is 7.98. The number of furan rings is 1. The molecular formula is C20H17NO3S. The van der Waals surface area contributed by atoms with Gasteiger partial charge in [0.15, 0.2) is 11.5 Å². The Labute approximate surface area is 150 Å². The Morgan fingerprint density at radius 3 is 2.40 bits per heavy atom. The monoisotopic (exact) mass is 351 g/mol. The van der Waals surface area contributed by atoms with Gasteiger partial charge < -0.3 is 9.73 Å². The van der Waals surface area contributed by atoms with Crippen LogP contribution in [0.4, 0.5) is 5.69 Å². The highest BCUT2D eigenvalue weighted by atomic mass is 32.2. The highest BCUT2D eigenvalue weighted by Gasteiger charge is 2.16. The van der Waals surface area contributed by atoms with Crippen LogP contribution in [0.2, 0.25) is 0 Å². The summed E-state index contributed by atoms with van der Waals surface area (Å²) in [6, 6.07) is 18.6. The third-order valence-electron chi connectivity index (χ3n) is 3.64. The second-order valence-corrected chi connectivity index (χ2v) is 6.51. The third kappa shape index (κ3) is 4.39. The van der Waals surface area contributed by atoms with Gasteiger partial charge in [0.05, 0.1) is 6.26 Å². The van der Waals surface area contributed by atoms with Crippen molar-refractivity contribution in [3.8, 4) is 0 Å². The van der Waals surface area contributed by atoms with Gasteiger partial charge in [-0.15, -0.1) is 11.8 Å². The van der Waals surface area contributed by atoms with Crippen molar-refractivity contribution in [1.29, 1.82) is 0 Å². The van der Waals surface area contributed by atoms with E-state index < -0.39 is 0 Å². The van der Waals surface area contributed by atoms with Crippen molar-refractivity contribution in [2.24, 2.45) is 0 Å². The average Bonchev–Trinajstić information content (AvgIpc) is 3.10. The van der Waals surface area contributed by atoms with Crippen LogP contribution in [0.3, 0.4) is 0 Å². The quantitative estimate of drug-likeness (QED) is 0.500. The molecule has 0 saturated carbocycles. The molecule has 5 heteroatoms. The molecule has 0 radical (unpaired) electrons. The zero-order chi connectivity index (χ0) is 17.6. The summed E-state index contributed by atoms with van der Waals surface area (Å²) >= 11 is 1.64. The van der Waals surface area contributed by atoms with Crippen LogP contribution in [0.25, 0.3) is 0 Å². The summed E-state index contributed by atoms with van der Waals surface area (Å²) in [6.07, 6.45) is 1.52. The Morgan fingerprint density at radius 1 is 1.00 bits per heavy atom. The predicted molar refractivity (Wildman–Crippen MR) is 99.1 cm³/mol. The number of nitrogens with one attached hydrogen (secondary N) is 1. The minimum Gasteiger partial charge on any atom is -0.459 e. The van der Waals surface area contributed by atoms with Gasteiger partial charge in [-0.3, -0.25) is 9.59 Å². The van der Waals surface area contributed by atoms with Crippen LogP contribution in [0.1, 0.15) is 33.4 Å². The maximum Gasteiger partial charge on any atom is 0.291 e. The fraction of sp³-hybridized carbons (Fsp3) is 0.100. The van der Waals surface area contributed by atoms with E-state index in [0.717, 1.165) is 10.5 Å². The van der Waals surface area contributed by atoms with Crippen molar-refractivity contribution >= 4 is 29.1 Å². The van der Waals surface area contributed by atoms with E-state index in [1.54, 1.807) is 36.0 Å². The molecule has 25 heavy (non-hydrogen) atoms. The van der Waals surface area contributed by atoms with Gasteiger partial charge in [0.25, 0.3) is 5.91 Å². The Morgan fingerprint density at radius 2 is 1.72 bits per heavy atom. The predicted octanol–water partition coefficient (Wildman–Crippen LogP) is 5.03. The van der Waals surface area contributed by atoms with E-state index in [4.69, 9.17) is 4.42 Å². The summed E-state index contributed by atoms with van der Waals surface area (Å²) in [5, 5.41) is 2.80. The number of rotatable bonds is 6. The van der Waals surface area contributed by atoms with Crippen molar-refractivity contribution in [2.45, 2.75) is 17.6 Å². The zero-order valence-electron chi connectivity index (χ0n) is 13.7. The highest BCUT2D eigenvalue weighted by Crippen LogP contribution is 2.25. The zero-order valence-corrected chi connectivity index (χ0v) is 14.5. The van der Waals surface area contributed by atoms with Crippen molar-refractivity contribution in [3.63, 3.8) is 0 Å².